The Balaban J connectivity index is 1.77. The molecule has 0 radical (unpaired) electrons. The van der Waals surface area contributed by atoms with Gasteiger partial charge in [0, 0.05) is 37.2 Å². The van der Waals surface area contributed by atoms with Crippen molar-refractivity contribution in [2.75, 3.05) is 20.1 Å². The molecular formula is C17H26N4. The molecule has 0 saturated heterocycles. The van der Waals surface area contributed by atoms with Crippen LogP contribution in [-0.2, 0) is 6.42 Å². The molecular weight excluding hydrogens is 260 g/mol. The maximum absolute atomic E-state index is 4.25. The van der Waals surface area contributed by atoms with Crippen LogP contribution in [0, 0.1) is 0 Å². The van der Waals surface area contributed by atoms with Crippen LogP contribution in [0.1, 0.15) is 31.7 Å². The molecule has 4 nitrogen and oxygen atoms in total. The molecule has 2 aromatic rings. The van der Waals surface area contributed by atoms with E-state index in [0.717, 1.165) is 25.5 Å². The van der Waals surface area contributed by atoms with Crippen molar-refractivity contribution in [3.05, 3.63) is 36.0 Å². The second-order valence-corrected chi connectivity index (χ2v) is 5.24. The number of aromatic amines is 1. The molecule has 0 bridgehead atoms. The molecule has 0 unspecified atom stereocenters. The standard InChI is InChI=1S/C17H26N4/c1-3-4-7-11-19-17(18-2)20-12-10-14-13-21-16-9-6-5-8-15(14)16/h5-6,8-9,13,21H,3-4,7,10-12H2,1-2H3,(H2,18,19,20). The summed E-state index contributed by atoms with van der Waals surface area (Å²) in [5.74, 6) is 0.894. The van der Waals surface area contributed by atoms with E-state index in [4.69, 9.17) is 0 Å². The molecule has 0 spiro atoms. The van der Waals surface area contributed by atoms with Gasteiger partial charge in [0.1, 0.15) is 0 Å². The lowest BCUT2D eigenvalue weighted by Gasteiger charge is -2.11. The number of nitrogens with one attached hydrogen (secondary N) is 3. The lowest BCUT2D eigenvalue weighted by molar-refractivity contribution is 0.682. The summed E-state index contributed by atoms with van der Waals surface area (Å²) in [5, 5.41) is 8.04. The van der Waals surface area contributed by atoms with E-state index in [1.807, 2.05) is 7.05 Å². The van der Waals surface area contributed by atoms with E-state index < -0.39 is 0 Å². The van der Waals surface area contributed by atoms with Crippen LogP contribution in [0.4, 0.5) is 0 Å². The van der Waals surface area contributed by atoms with Gasteiger partial charge in [-0.05, 0) is 24.5 Å². The number of fused-ring (bicyclic) bond motifs is 1. The van der Waals surface area contributed by atoms with Crippen molar-refractivity contribution >= 4 is 16.9 Å². The van der Waals surface area contributed by atoms with Gasteiger partial charge in [0.05, 0.1) is 0 Å². The van der Waals surface area contributed by atoms with Crippen molar-refractivity contribution in [1.29, 1.82) is 0 Å². The molecule has 21 heavy (non-hydrogen) atoms. The van der Waals surface area contributed by atoms with E-state index in [1.165, 1.54) is 35.7 Å². The van der Waals surface area contributed by atoms with Crippen molar-refractivity contribution in [1.82, 2.24) is 15.6 Å². The third kappa shape index (κ3) is 4.52. The summed E-state index contributed by atoms with van der Waals surface area (Å²) in [6.07, 6.45) is 6.79. The maximum Gasteiger partial charge on any atom is 0.190 e. The molecule has 0 aliphatic rings. The molecule has 1 aromatic heterocycles. The van der Waals surface area contributed by atoms with Gasteiger partial charge < -0.3 is 15.6 Å². The monoisotopic (exact) mass is 286 g/mol. The van der Waals surface area contributed by atoms with Gasteiger partial charge in [-0.1, -0.05) is 38.0 Å². The fourth-order valence-corrected chi connectivity index (χ4v) is 2.46. The normalized spacial score (nSPS) is 11.8. The Kier molecular flexibility index (Phi) is 6.13. The quantitative estimate of drug-likeness (QED) is 0.416. The molecule has 0 fully saturated rings. The first-order valence-electron chi connectivity index (χ1n) is 7.84. The first-order valence-corrected chi connectivity index (χ1v) is 7.84. The van der Waals surface area contributed by atoms with Crippen molar-refractivity contribution in [2.24, 2.45) is 4.99 Å². The van der Waals surface area contributed by atoms with Crippen LogP contribution in [0.15, 0.2) is 35.5 Å². The summed E-state index contributed by atoms with van der Waals surface area (Å²) in [5.41, 5.74) is 2.55. The number of nitrogens with zero attached hydrogens (tertiary/aromatic N) is 1. The summed E-state index contributed by atoms with van der Waals surface area (Å²) in [7, 11) is 1.82. The number of guanidine groups is 1. The Bertz CT molecular complexity index is 571. The van der Waals surface area contributed by atoms with E-state index in [1.54, 1.807) is 0 Å². The van der Waals surface area contributed by atoms with Crippen molar-refractivity contribution in [2.45, 2.75) is 32.6 Å². The maximum atomic E-state index is 4.25. The van der Waals surface area contributed by atoms with Crippen molar-refractivity contribution < 1.29 is 0 Å². The van der Waals surface area contributed by atoms with E-state index in [9.17, 15) is 0 Å². The molecule has 114 valence electrons. The Morgan fingerprint density at radius 2 is 1.95 bits per heavy atom. The second-order valence-electron chi connectivity index (χ2n) is 5.24. The number of hydrogen-bond donors (Lipinski definition) is 3. The zero-order chi connectivity index (χ0) is 14.9. The Labute approximate surface area is 127 Å². The van der Waals surface area contributed by atoms with Gasteiger partial charge in [-0.15, -0.1) is 0 Å². The van der Waals surface area contributed by atoms with Crippen LogP contribution in [0.3, 0.4) is 0 Å². The average Bonchev–Trinajstić information content (AvgIpc) is 2.93. The molecule has 3 N–H and O–H groups in total. The zero-order valence-corrected chi connectivity index (χ0v) is 13.1. The lowest BCUT2D eigenvalue weighted by Crippen LogP contribution is -2.38. The molecule has 0 aliphatic heterocycles. The van der Waals surface area contributed by atoms with Gasteiger partial charge in [-0.25, -0.2) is 0 Å². The molecule has 4 heteroatoms. The molecule has 0 amide bonds. The number of aromatic nitrogens is 1. The molecule has 0 atom stereocenters. The van der Waals surface area contributed by atoms with E-state index in [-0.39, 0.29) is 0 Å². The predicted octanol–water partition coefficient (Wildman–Crippen LogP) is 3.07. The lowest BCUT2D eigenvalue weighted by atomic mass is 10.1. The summed E-state index contributed by atoms with van der Waals surface area (Å²) in [4.78, 5) is 7.57. The van der Waals surface area contributed by atoms with Crippen LogP contribution in [0.5, 0.6) is 0 Å². The number of hydrogen-bond acceptors (Lipinski definition) is 1. The van der Waals surface area contributed by atoms with Gasteiger partial charge in [0.25, 0.3) is 0 Å². The summed E-state index contributed by atoms with van der Waals surface area (Å²) in [6, 6.07) is 8.42. The Hall–Kier alpha value is -1.97. The van der Waals surface area contributed by atoms with E-state index in [0.29, 0.717) is 0 Å². The van der Waals surface area contributed by atoms with E-state index in [2.05, 4.69) is 58.0 Å². The first kappa shape index (κ1) is 15.4. The molecule has 0 saturated carbocycles. The SMILES string of the molecule is CCCCCNC(=NC)NCCc1c[nH]c2ccccc12. The highest BCUT2D eigenvalue weighted by Crippen LogP contribution is 2.17. The van der Waals surface area contributed by atoms with Gasteiger partial charge >= 0.3 is 0 Å². The smallest absolute Gasteiger partial charge is 0.190 e. The first-order chi connectivity index (χ1) is 10.3. The van der Waals surface area contributed by atoms with E-state index >= 15 is 0 Å². The molecule has 0 aliphatic carbocycles. The topological polar surface area (TPSA) is 52.2 Å². The second kappa shape index (κ2) is 8.35. The molecule has 1 aromatic carbocycles. The van der Waals surface area contributed by atoms with Crippen LogP contribution >= 0.6 is 0 Å². The highest BCUT2D eigenvalue weighted by molar-refractivity contribution is 5.83. The average molecular weight is 286 g/mol. The fourth-order valence-electron chi connectivity index (χ4n) is 2.46. The van der Waals surface area contributed by atoms with Gasteiger partial charge in [-0.3, -0.25) is 4.99 Å². The van der Waals surface area contributed by atoms with Gasteiger partial charge in [-0.2, -0.15) is 0 Å². The number of unbranched alkanes of at least 4 members (excludes halogenated alkanes) is 2. The van der Waals surface area contributed by atoms with Gasteiger partial charge in [0.2, 0.25) is 0 Å². The number of H-pyrrole nitrogens is 1. The molecule has 2 rings (SSSR count). The van der Waals surface area contributed by atoms with Crippen LogP contribution < -0.4 is 10.6 Å². The highest BCUT2D eigenvalue weighted by Gasteiger charge is 2.03. The summed E-state index contributed by atoms with van der Waals surface area (Å²) in [6.45, 7) is 4.09. The van der Waals surface area contributed by atoms with Crippen LogP contribution in [0.25, 0.3) is 10.9 Å². The largest absolute Gasteiger partial charge is 0.361 e. The minimum atomic E-state index is 0.884. The van der Waals surface area contributed by atoms with Crippen molar-refractivity contribution in [3.63, 3.8) is 0 Å². The highest BCUT2D eigenvalue weighted by atomic mass is 15.2. The minimum absolute atomic E-state index is 0.884. The summed E-state index contributed by atoms with van der Waals surface area (Å²) < 4.78 is 0. The Morgan fingerprint density at radius 1 is 1.14 bits per heavy atom. The van der Waals surface area contributed by atoms with Crippen molar-refractivity contribution in [3.8, 4) is 0 Å². The number of aliphatic imine (C=N–C) groups is 1. The Morgan fingerprint density at radius 3 is 2.76 bits per heavy atom. The number of rotatable bonds is 7. The predicted molar refractivity (Wildman–Crippen MR) is 90.9 cm³/mol. The summed E-state index contributed by atoms with van der Waals surface area (Å²) >= 11 is 0. The minimum Gasteiger partial charge on any atom is -0.361 e. The van der Waals surface area contributed by atoms with Crippen LogP contribution in [-0.4, -0.2) is 31.1 Å². The zero-order valence-electron chi connectivity index (χ0n) is 13.1. The number of para-hydroxylation sites is 1. The fraction of sp³-hybridized carbons (Fsp3) is 0.471. The molecule has 1 heterocycles. The number of benzene rings is 1. The third-order valence-corrected chi connectivity index (χ3v) is 3.66. The third-order valence-electron chi connectivity index (χ3n) is 3.66. The van der Waals surface area contributed by atoms with Gasteiger partial charge in [0.15, 0.2) is 5.96 Å². The van der Waals surface area contributed by atoms with Crippen LogP contribution in [0.2, 0.25) is 0 Å².